The van der Waals surface area contributed by atoms with Crippen LogP contribution in [0.2, 0.25) is 5.02 Å². The average Bonchev–Trinajstić information content (AvgIpc) is 2.86. The molecule has 0 fully saturated rings. The Morgan fingerprint density at radius 2 is 2.05 bits per heavy atom. The highest BCUT2D eigenvalue weighted by molar-refractivity contribution is 7.98. The van der Waals surface area contributed by atoms with Gasteiger partial charge in [0.25, 0.3) is 5.22 Å². The van der Waals surface area contributed by atoms with Gasteiger partial charge in [0.05, 0.1) is 0 Å². The first-order valence-corrected chi connectivity index (χ1v) is 7.54. The summed E-state index contributed by atoms with van der Waals surface area (Å²) in [6, 6.07) is 7.75. The van der Waals surface area contributed by atoms with E-state index in [1.807, 2.05) is 24.3 Å². The Hall–Kier alpha value is -1.04. The molecule has 1 aromatic carbocycles. The maximum atomic E-state index is 6.09. The molecule has 6 heteroatoms. The number of hydrogen-bond donors (Lipinski definition) is 1. The van der Waals surface area contributed by atoms with Gasteiger partial charge in [0, 0.05) is 17.2 Å². The van der Waals surface area contributed by atoms with Gasteiger partial charge in [0.1, 0.15) is 0 Å². The van der Waals surface area contributed by atoms with Crippen LogP contribution >= 0.6 is 23.4 Å². The van der Waals surface area contributed by atoms with Gasteiger partial charge in [-0.1, -0.05) is 41.6 Å². The van der Waals surface area contributed by atoms with E-state index in [1.54, 1.807) is 0 Å². The Morgan fingerprint density at radius 1 is 1.21 bits per heavy atom. The number of halogens is 1. The van der Waals surface area contributed by atoms with Gasteiger partial charge < -0.3 is 10.2 Å². The lowest BCUT2D eigenvalue weighted by atomic mass is 10.2. The van der Waals surface area contributed by atoms with E-state index in [2.05, 4.69) is 10.2 Å². The lowest BCUT2D eigenvalue weighted by Crippen LogP contribution is -1.98. The summed E-state index contributed by atoms with van der Waals surface area (Å²) >= 11 is 7.59. The standard InChI is InChI=1S/C13H16ClN3OS/c14-11-6-2-1-5-10(11)9-19-13-17-16-12(18-13)7-3-4-8-15/h1-2,5-6H,3-4,7-9,15H2. The lowest BCUT2D eigenvalue weighted by molar-refractivity contribution is 0.408. The van der Waals surface area contributed by atoms with Crippen molar-refractivity contribution in [2.45, 2.75) is 30.2 Å². The average molecular weight is 298 g/mol. The number of thioether (sulfide) groups is 1. The molecule has 0 saturated carbocycles. The highest BCUT2D eigenvalue weighted by atomic mass is 35.5. The van der Waals surface area contributed by atoms with Gasteiger partial charge in [-0.2, -0.15) is 0 Å². The van der Waals surface area contributed by atoms with Crippen LogP contribution in [0.3, 0.4) is 0 Å². The molecule has 0 spiro atoms. The molecule has 0 unspecified atom stereocenters. The van der Waals surface area contributed by atoms with Crippen LogP contribution in [-0.2, 0) is 12.2 Å². The first-order valence-electron chi connectivity index (χ1n) is 6.18. The van der Waals surface area contributed by atoms with Crippen molar-refractivity contribution in [3.63, 3.8) is 0 Å². The molecule has 2 N–H and O–H groups in total. The molecule has 0 amide bonds. The van der Waals surface area contributed by atoms with Crippen molar-refractivity contribution >= 4 is 23.4 Å². The monoisotopic (exact) mass is 297 g/mol. The number of aromatic nitrogens is 2. The van der Waals surface area contributed by atoms with Gasteiger partial charge in [0.2, 0.25) is 5.89 Å². The van der Waals surface area contributed by atoms with E-state index in [-0.39, 0.29) is 0 Å². The number of nitrogens with zero attached hydrogens (tertiary/aromatic N) is 2. The molecule has 0 atom stereocenters. The van der Waals surface area contributed by atoms with E-state index in [1.165, 1.54) is 11.8 Å². The second-order valence-corrected chi connectivity index (χ2v) is 5.42. The van der Waals surface area contributed by atoms with Gasteiger partial charge in [0.15, 0.2) is 0 Å². The third-order valence-corrected chi connectivity index (χ3v) is 3.84. The molecule has 2 aromatic rings. The normalized spacial score (nSPS) is 10.8. The molecule has 0 aliphatic carbocycles. The summed E-state index contributed by atoms with van der Waals surface area (Å²) in [6.45, 7) is 0.697. The van der Waals surface area contributed by atoms with Crippen molar-refractivity contribution in [1.82, 2.24) is 10.2 Å². The van der Waals surface area contributed by atoms with Crippen LogP contribution in [-0.4, -0.2) is 16.7 Å². The van der Waals surface area contributed by atoms with Gasteiger partial charge in [-0.3, -0.25) is 0 Å². The van der Waals surface area contributed by atoms with Gasteiger partial charge in [-0.05, 0) is 31.0 Å². The molecule has 19 heavy (non-hydrogen) atoms. The topological polar surface area (TPSA) is 64.9 Å². The molecular formula is C13H16ClN3OS. The minimum absolute atomic E-state index is 0.586. The van der Waals surface area contributed by atoms with Crippen molar-refractivity contribution in [3.05, 3.63) is 40.7 Å². The van der Waals surface area contributed by atoms with E-state index in [4.69, 9.17) is 21.8 Å². The number of rotatable bonds is 7. The fourth-order valence-electron chi connectivity index (χ4n) is 1.57. The van der Waals surface area contributed by atoms with E-state index in [0.717, 1.165) is 35.6 Å². The Labute approximate surface area is 121 Å². The van der Waals surface area contributed by atoms with Gasteiger partial charge >= 0.3 is 0 Å². The molecule has 0 aliphatic heterocycles. The SMILES string of the molecule is NCCCCc1nnc(SCc2ccccc2Cl)o1. The Kier molecular flexibility index (Phi) is 5.69. The fourth-order valence-corrected chi connectivity index (χ4v) is 2.64. The molecule has 1 heterocycles. The van der Waals surface area contributed by atoms with Crippen LogP contribution in [0.15, 0.2) is 33.9 Å². The third-order valence-electron chi connectivity index (χ3n) is 2.60. The Balaban J connectivity index is 1.85. The summed E-state index contributed by atoms with van der Waals surface area (Å²) in [5, 5.41) is 9.37. The molecule has 0 saturated heterocycles. The number of benzene rings is 1. The number of aryl methyl sites for hydroxylation is 1. The second kappa shape index (κ2) is 7.53. The van der Waals surface area contributed by atoms with Crippen LogP contribution in [0.5, 0.6) is 0 Å². The summed E-state index contributed by atoms with van der Waals surface area (Å²) < 4.78 is 5.55. The summed E-state index contributed by atoms with van der Waals surface area (Å²) in [6.07, 6.45) is 2.74. The predicted molar refractivity (Wildman–Crippen MR) is 77.3 cm³/mol. The zero-order chi connectivity index (χ0) is 13.5. The Morgan fingerprint density at radius 3 is 2.84 bits per heavy atom. The van der Waals surface area contributed by atoms with Crippen molar-refractivity contribution in [2.24, 2.45) is 5.73 Å². The van der Waals surface area contributed by atoms with E-state index in [9.17, 15) is 0 Å². The lowest BCUT2D eigenvalue weighted by Gasteiger charge is -2.00. The van der Waals surface area contributed by atoms with Gasteiger partial charge in [-0.15, -0.1) is 10.2 Å². The van der Waals surface area contributed by atoms with Crippen molar-refractivity contribution in [1.29, 1.82) is 0 Å². The van der Waals surface area contributed by atoms with E-state index in [0.29, 0.717) is 17.7 Å². The zero-order valence-corrected chi connectivity index (χ0v) is 12.1. The largest absolute Gasteiger partial charge is 0.416 e. The first kappa shape index (κ1) is 14.4. The maximum absolute atomic E-state index is 6.09. The van der Waals surface area contributed by atoms with Crippen LogP contribution in [0.25, 0.3) is 0 Å². The fraction of sp³-hybridized carbons (Fsp3) is 0.385. The summed E-state index contributed by atoms with van der Waals surface area (Å²) in [4.78, 5) is 0. The minimum atomic E-state index is 0.586. The molecule has 0 bridgehead atoms. The molecule has 0 radical (unpaired) electrons. The van der Waals surface area contributed by atoms with E-state index < -0.39 is 0 Å². The van der Waals surface area contributed by atoms with Crippen molar-refractivity contribution in [2.75, 3.05) is 6.54 Å². The quantitative estimate of drug-likeness (QED) is 0.627. The van der Waals surface area contributed by atoms with Crippen LogP contribution in [0, 0.1) is 0 Å². The summed E-state index contributed by atoms with van der Waals surface area (Å²) in [5.74, 6) is 1.40. The minimum Gasteiger partial charge on any atom is -0.416 e. The van der Waals surface area contributed by atoms with E-state index >= 15 is 0 Å². The first-order chi connectivity index (χ1) is 9.29. The zero-order valence-electron chi connectivity index (χ0n) is 10.5. The third kappa shape index (κ3) is 4.53. The number of hydrogen-bond acceptors (Lipinski definition) is 5. The molecule has 1 aromatic heterocycles. The summed E-state index contributed by atoms with van der Waals surface area (Å²) in [7, 11) is 0. The van der Waals surface area contributed by atoms with Crippen LogP contribution in [0.1, 0.15) is 24.3 Å². The van der Waals surface area contributed by atoms with Gasteiger partial charge in [-0.25, -0.2) is 0 Å². The highest BCUT2D eigenvalue weighted by Crippen LogP contribution is 2.25. The van der Waals surface area contributed by atoms with Crippen molar-refractivity contribution < 1.29 is 4.42 Å². The molecular weight excluding hydrogens is 282 g/mol. The molecule has 102 valence electrons. The second-order valence-electron chi connectivity index (χ2n) is 4.09. The molecule has 2 rings (SSSR count). The van der Waals surface area contributed by atoms with Crippen molar-refractivity contribution in [3.8, 4) is 0 Å². The highest BCUT2D eigenvalue weighted by Gasteiger charge is 2.07. The predicted octanol–water partition coefficient (Wildman–Crippen LogP) is 3.30. The van der Waals surface area contributed by atoms with Crippen LogP contribution in [0.4, 0.5) is 0 Å². The molecule has 4 nitrogen and oxygen atoms in total. The maximum Gasteiger partial charge on any atom is 0.276 e. The molecule has 0 aliphatic rings. The number of nitrogens with two attached hydrogens (primary N) is 1. The summed E-state index contributed by atoms with van der Waals surface area (Å²) in [5.41, 5.74) is 6.51. The smallest absolute Gasteiger partial charge is 0.276 e. The number of unbranched alkanes of at least 4 members (excludes halogenated alkanes) is 1. The van der Waals surface area contributed by atoms with Crippen LogP contribution < -0.4 is 5.73 Å². The Bertz CT molecular complexity index is 518.